The molecule has 29 heavy (non-hydrogen) atoms. The lowest BCUT2D eigenvalue weighted by Crippen LogP contribution is -2.24. The molecule has 156 valence electrons. The molecule has 1 aromatic rings. The van der Waals surface area contributed by atoms with Gasteiger partial charge in [0.05, 0.1) is 31.0 Å². The molecule has 0 saturated heterocycles. The molecule has 2 bridgehead atoms. The summed E-state index contributed by atoms with van der Waals surface area (Å²) in [5.41, 5.74) is 0.305. The minimum Gasteiger partial charge on any atom is -0.465 e. The number of ether oxygens (including phenoxy) is 3. The van der Waals surface area contributed by atoms with Crippen molar-refractivity contribution >= 4 is 29.5 Å². The summed E-state index contributed by atoms with van der Waals surface area (Å²) < 4.78 is 14.5. The summed E-state index contributed by atoms with van der Waals surface area (Å²) >= 11 is 0. The van der Waals surface area contributed by atoms with Crippen LogP contribution in [-0.2, 0) is 23.8 Å². The van der Waals surface area contributed by atoms with E-state index in [0.29, 0.717) is 18.3 Å². The van der Waals surface area contributed by atoms with Crippen molar-refractivity contribution in [2.24, 2.45) is 17.8 Å². The summed E-state index contributed by atoms with van der Waals surface area (Å²) in [4.78, 5) is 48.0. The molecule has 0 aromatic heterocycles. The minimum absolute atomic E-state index is 0.0711. The topological polar surface area (TPSA) is 108 Å². The minimum atomic E-state index is -0.676. The number of hydrogen-bond acceptors (Lipinski definition) is 7. The van der Waals surface area contributed by atoms with E-state index in [1.54, 1.807) is 0 Å². The van der Waals surface area contributed by atoms with Gasteiger partial charge in [0, 0.05) is 6.42 Å². The van der Waals surface area contributed by atoms with Crippen molar-refractivity contribution in [3.05, 3.63) is 29.3 Å². The molecule has 1 amide bonds. The second kappa shape index (κ2) is 9.07. The molecule has 3 atom stereocenters. The summed E-state index contributed by atoms with van der Waals surface area (Å²) in [6.45, 7) is -0.470. The van der Waals surface area contributed by atoms with Crippen molar-refractivity contribution < 1.29 is 33.4 Å². The average Bonchev–Trinajstić information content (AvgIpc) is 3.34. The molecule has 1 N–H and O–H groups in total. The maximum atomic E-state index is 12.2. The van der Waals surface area contributed by atoms with Gasteiger partial charge in [0.2, 0.25) is 0 Å². The van der Waals surface area contributed by atoms with E-state index in [1.165, 1.54) is 51.7 Å². The van der Waals surface area contributed by atoms with E-state index in [0.717, 1.165) is 12.3 Å². The van der Waals surface area contributed by atoms with E-state index in [2.05, 4.69) is 10.1 Å². The lowest BCUT2D eigenvalue weighted by molar-refractivity contribution is -0.148. The molecule has 2 saturated carbocycles. The zero-order valence-electron chi connectivity index (χ0n) is 16.6. The highest BCUT2D eigenvalue weighted by atomic mass is 16.5. The van der Waals surface area contributed by atoms with Crippen molar-refractivity contribution in [3.8, 4) is 0 Å². The Kier molecular flexibility index (Phi) is 6.51. The van der Waals surface area contributed by atoms with E-state index in [1.807, 2.05) is 0 Å². The standard InChI is InChI=1S/C21H25NO7/c1-27-20(25)14-5-6-16(21(26)28-2)17(9-14)22-18(23)11-29-19(24)10-15-8-12-3-4-13(15)7-12/h5-6,9,12-13,15H,3-4,7-8,10-11H2,1-2H3,(H,22,23)/t12-,13+,15-/m1/s1. The Labute approximate surface area is 168 Å². The second-order valence-corrected chi connectivity index (χ2v) is 7.59. The molecular formula is C21H25NO7. The van der Waals surface area contributed by atoms with Crippen LogP contribution in [0.15, 0.2) is 18.2 Å². The number of amides is 1. The van der Waals surface area contributed by atoms with E-state index in [4.69, 9.17) is 9.47 Å². The number of rotatable bonds is 7. The largest absolute Gasteiger partial charge is 0.465 e. The van der Waals surface area contributed by atoms with E-state index >= 15 is 0 Å². The first kappa shape index (κ1) is 20.8. The van der Waals surface area contributed by atoms with E-state index in [-0.39, 0.29) is 16.8 Å². The van der Waals surface area contributed by atoms with Crippen LogP contribution in [0, 0.1) is 17.8 Å². The Balaban J connectivity index is 1.57. The van der Waals surface area contributed by atoms with Crippen LogP contribution < -0.4 is 5.32 Å². The fraction of sp³-hybridized carbons (Fsp3) is 0.524. The van der Waals surface area contributed by atoms with Crippen LogP contribution >= 0.6 is 0 Å². The Morgan fingerprint density at radius 1 is 1.03 bits per heavy atom. The van der Waals surface area contributed by atoms with Gasteiger partial charge in [0.25, 0.3) is 5.91 Å². The molecule has 0 heterocycles. The van der Waals surface area contributed by atoms with E-state index < -0.39 is 30.4 Å². The maximum Gasteiger partial charge on any atom is 0.339 e. The molecule has 8 nitrogen and oxygen atoms in total. The Morgan fingerprint density at radius 3 is 2.41 bits per heavy atom. The highest BCUT2D eigenvalue weighted by Crippen LogP contribution is 2.49. The SMILES string of the molecule is COC(=O)c1ccc(C(=O)OC)c(NC(=O)COC(=O)C[C@H]2C[C@@H]3CC[C@H]2C3)c1. The quantitative estimate of drug-likeness (QED) is 0.551. The molecule has 0 radical (unpaired) electrons. The Bertz CT molecular complexity index is 819. The number of fused-ring (bicyclic) bond motifs is 2. The van der Waals surface area contributed by atoms with Gasteiger partial charge in [0.15, 0.2) is 6.61 Å². The van der Waals surface area contributed by atoms with Crippen LogP contribution in [0.4, 0.5) is 5.69 Å². The number of anilines is 1. The summed E-state index contributed by atoms with van der Waals surface area (Å²) in [7, 11) is 2.43. The second-order valence-electron chi connectivity index (χ2n) is 7.59. The first-order chi connectivity index (χ1) is 13.9. The number of esters is 3. The number of carbonyl (C=O) groups is 4. The van der Waals surface area contributed by atoms with Crippen LogP contribution in [-0.4, -0.2) is 44.6 Å². The molecule has 1 aromatic carbocycles. The average molecular weight is 403 g/mol. The first-order valence-corrected chi connectivity index (χ1v) is 9.67. The molecule has 3 rings (SSSR count). The highest BCUT2D eigenvalue weighted by Gasteiger charge is 2.40. The normalized spacial score (nSPS) is 22.1. The van der Waals surface area contributed by atoms with Crippen molar-refractivity contribution in [1.29, 1.82) is 0 Å². The first-order valence-electron chi connectivity index (χ1n) is 9.67. The van der Waals surface area contributed by atoms with Crippen molar-refractivity contribution in [3.63, 3.8) is 0 Å². The van der Waals surface area contributed by atoms with Gasteiger partial charge in [-0.2, -0.15) is 0 Å². The predicted molar refractivity (Wildman–Crippen MR) is 102 cm³/mol. The number of methoxy groups -OCH3 is 2. The number of hydrogen-bond donors (Lipinski definition) is 1. The third kappa shape index (κ3) is 4.93. The fourth-order valence-corrected chi connectivity index (χ4v) is 4.41. The van der Waals surface area contributed by atoms with Crippen LogP contribution in [0.1, 0.15) is 52.8 Å². The number of carbonyl (C=O) groups excluding carboxylic acids is 4. The van der Waals surface area contributed by atoms with Crippen molar-refractivity contribution in [1.82, 2.24) is 0 Å². The van der Waals surface area contributed by atoms with Gasteiger partial charge >= 0.3 is 17.9 Å². The maximum absolute atomic E-state index is 12.2. The number of nitrogens with one attached hydrogen (secondary N) is 1. The number of benzene rings is 1. The molecule has 8 heteroatoms. The van der Waals surface area contributed by atoms with Crippen LogP contribution in [0.3, 0.4) is 0 Å². The van der Waals surface area contributed by atoms with Gasteiger partial charge in [-0.1, -0.05) is 6.42 Å². The molecule has 2 fully saturated rings. The van der Waals surface area contributed by atoms with Crippen LogP contribution in [0.5, 0.6) is 0 Å². The van der Waals surface area contributed by atoms with Crippen LogP contribution in [0.25, 0.3) is 0 Å². The van der Waals surface area contributed by atoms with Crippen molar-refractivity contribution in [2.75, 3.05) is 26.1 Å². The lowest BCUT2D eigenvalue weighted by Gasteiger charge is -2.20. The molecule has 0 spiro atoms. The van der Waals surface area contributed by atoms with Crippen LogP contribution in [0.2, 0.25) is 0 Å². The highest BCUT2D eigenvalue weighted by molar-refractivity contribution is 6.04. The molecule has 2 aliphatic carbocycles. The van der Waals surface area contributed by atoms with Gasteiger partial charge in [-0.3, -0.25) is 9.59 Å². The predicted octanol–water partition coefficient (Wildman–Crippen LogP) is 2.57. The van der Waals surface area contributed by atoms with Gasteiger partial charge in [-0.15, -0.1) is 0 Å². The smallest absolute Gasteiger partial charge is 0.339 e. The Hall–Kier alpha value is -2.90. The van der Waals surface area contributed by atoms with Crippen molar-refractivity contribution in [2.45, 2.75) is 32.1 Å². The fourth-order valence-electron chi connectivity index (χ4n) is 4.41. The molecule has 0 aliphatic heterocycles. The third-order valence-corrected chi connectivity index (χ3v) is 5.80. The summed E-state index contributed by atoms with van der Waals surface area (Å²) in [5, 5.41) is 2.50. The summed E-state index contributed by atoms with van der Waals surface area (Å²) in [6.07, 6.45) is 5.03. The van der Waals surface area contributed by atoms with Gasteiger partial charge in [0.1, 0.15) is 0 Å². The lowest BCUT2D eigenvalue weighted by atomic mass is 9.86. The Morgan fingerprint density at radius 2 is 1.79 bits per heavy atom. The van der Waals surface area contributed by atoms with E-state index in [9.17, 15) is 19.2 Å². The zero-order valence-corrected chi connectivity index (χ0v) is 16.6. The van der Waals surface area contributed by atoms with Gasteiger partial charge in [-0.05, 0) is 55.2 Å². The molecule has 0 unspecified atom stereocenters. The van der Waals surface area contributed by atoms with Gasteiger partial charge < -0.3 is 19.5 Å². The summed E-state index contributed by atoms with van der Waals surface area (Å²) in [5.74, 6) is -0.608. The third-order valence-electron chi connectivity index (χ3n) is 5.80. The zero-order chi connectivity index (χ0) is 21.0. The monoisotopic (exact) mass is 403 g/mol. The molecular weight excluding hydrogens is 378 g/mol. The summed E-state index contributed by atoms with van der Waals surface area (Å²) in [6, 6.07) is 4.06. The van der Waals surface area contributed by atoms with Gasteiger partial charge in [-0.25, -0.2) is 9.59 Å². The molecule has 2 aliphatic rings.